The molecule has 13 heavy (non-hydrogen) atoms. The summed E-state index contributed by atoms with van der Waals surface area (Å²) in [6.45, 7) is 4.47. The molecule has 0 saturated carbocycles. The smallest absolute Gasteiger partial charge is 0.0436 e. The van der Waals surface area contributed by atoms with Crippen LogP contribution >= 0.6 is 15.9 Å². The molecule has 1 nitrogen and oxygen atoms in total. The summed E-state index contributed by atoms with van der Waals surface area (Å²) in [5.74, 6) is 0.416. The van der Waals surface area contributed by atoms with Gasteiger partial charge in [0.15, 0.2) is 0 Å². The van der Waals surface area contributed by atoms with Crippen LogP contribution in [0.2, 0.25) is 0 Å². The fourth-order valence-corrected chi connectivity index (χ4v) is 2.05. The van der Waals surface area contributed by atoms with E-state index < -0.39 is 0 Å². The van der Waals surface area contributed by atoms with E-state index in [2.05, 4.69) is 48.0 Å². The Hall–Kier alpha value is -0.340. The lowest BCUT2D eigenvalue weighted by atomic mass is 9.97. The van der Waals surface area contributed by atoms with Gasteiger partial charge in [0.05, 0.1) is 0 Å². The van der Waals surface area contributed by atoms with Crippen LogP contribution in [-0.2, 0) is 0 Å². The number of rotatable bonds is 3. The van der Waals surface area contributed by atoms with E-state index in [0.29, 0.717) is 5.92 Å². The summed E-state index contributed by atoms with van der Waals surface area (Å²) < 4.78 is 1.18. The summed E-state index contributed by atoms with van der Waals surface area (Å²) in [5.41, 5.74) is 2.54. The molecule has 0 heterocycles. The fraction of sp³-hybridized carbons (Fsp3) is 0.455. The van der Waals surface area contributed by atoms with Crippen LogP contribution in [-0.4, -0.2) is 11.7 Å². The van der Waals surface area contributed by atoms with Crippen molar-refractivity contribution in [2.45, 2.75) is 26.2 Å². The molecule has 0 fully saturated rings. The third-order valence-electron chi connectivity index (χ3n) is 2.31. The van der Waals surface area contributed by atoms with E-state index in [1.54, 1.807) is 0 Å². The van der Waals surface area contributed by atoms with Gasteiger partial charge in [0.2, 0.25) is 0 Å². The van der Waals surface area contributed by atoms with Crippen LogP contribution in [0.3, 0.4) is 0 Å². The van der Waals surface area contributed by atoms with Crippen molar-refractivity contribution in [2.24, 2.45) is 0 Å². The number of halogens is 1. The van der Waals surface area contributed by atoms with Gasteiger partial charge in [0.25, 0.3) is 0 Å². The van der Waals surface area contributed by atoms with Crippen molar-refractivity contribution in [1.82, 2.24) is 0 Å². The van der Waals surface area contributed by atoms with Crippen LogP contribution in [0.15, 0.2) is 22.7 Å². The van der Waals surface area contributed by atoms with Crippen molar-refractivity contribution in [3.8, 4) is 0 Å². The highest BCUT2D eigenvalue weighted by Crippen LogP contribution is 2.29. The normalized spacial score (nSPS) is 12.9. The van der Waals surface area contributed by atoms with Gasteiger partial charge >= 0.3 is 0 Å². The molecule has 0 aliphatic rings. The highest BCUT2D eigenvalue weighted by molar-refractivity contribution is 9.10. The third kappa shape index (κ3) is 2.55. The van der Waals surface area contributed by atoms with Gasteiger partial charge in [-0.1, -0.05) is 41.1 Å². The molecule has 0 bridgehead atoms. The molecular formula is C11H15BrO. The fourth-order valence-electron chi connectivity index (χ4n) is 1.40. The summed E-state index contributed by atoms with van der Waals surface area (Å²) in [6, 6.07) is 6.25. The lowest BCUT2D eigenvalue weighted by molar-refractivity contribution is 0.278. The van der Waals surface area contributed by atoms with Crippen molar-refractivity contribution in [3.05, 3.63) is 33.8 Å². The zero-order valence-corrected chi connectivity index (χ0v) is 9.63. The summed E-state index contributed by atoms with van der Waals surface area (Å²) in [6.07, 6.45) is 0.821. The first-order valence-corrected chi connectivity index (χ1v) is 5.32. The molecule has 0 spiro atoms. The average molecular weight is 243 g/mol. The van der Waals surface area contributed by atoms with Crippen LogP contribution in [0.25, 0.3) is 0 Å². The second kappa shape index (κ2) is 4.77. The molecule has 1 aromatic rings. The molecule has 0 amide bonds. The van der Waals surface area contributed by atoms with E-state index in [1.165, 1.54) is 15.6 Å². The Morgan fingerprint density at radius 3 is 2.77 bits per heavy atom. The highest BCUT2D eigenvalue weighted by Gasteiger charge is 2.09. The first-order chi connectivity index (χ1) is 6.16. The molecule has 1 N–H and O–H groups in total. The summed E-state index contributed by atoms with van der Waals surface area (Å²) in [4.78, 5) is 0. The van der Waals surface area contributed by atoms with Crippen molar-refractivity contribution in [3.63, 3.8) is 0 Å². The molecule has 0 radical (unpaired) electrons. The van der Waals surface area contributed by atoms with Crippen molar-refractivity contribution in [2.75, 3.05) is 6.61 Å². The third-order valence-corrected chi connectivity index (χ3v) is 3.40. The number of benzene rings is 1. The van der Waals surface area contributed by atoms with Crippen molar-refractivity contribution < 1.29 is 5.11 Å². The summed E-state index contributed by atoms with van der Waals surface area (Å²) in [5, 5.41) is 8.84. The van der Waals surface area contributed by atoms with E-state index in [0.717, 1.165) is 6.42 Å². The van der Waals surface area contributed by atoms with Gasteiger partial charge in [0, 0.05) is 11.1 Å². The molecule has 1 unspecified atom stereocenters. The van der Waals surface area contributed by atoms with Gasteiger partial charge in [-0.15, -0.1) is 0 Å². The topological polar surface area (TPSA) is 20.2 Å². The van der Waals surface area contributed by atoms with Gasteiger partial charge in [-0.3, -0.25) is 0 Å². The molecular weight excluding hydrogens is 228 g/mol. The standard InChI is InChI=1S/C11H15BrO/c1-8(6-7-13)10-5-3-4-9(2)11(10)12/h3-5,8,13H,6-7H2,1-2H3. The number of aliphatic hydroxyl groups is 1. The Morgan fingerprint density at radius 1 is 1.46 bits per heavy atom. The zero-order valence-electron chi connectivity index (χ0n) is 8.05. The number of aliphatic hydroxyl groups excluding tert-OH is 1. The summed E-state index contributed by atoms with van der Waals surface area (Å²) in [7, 11) is 0. The minimum absolute atomic E-state index is 0.252. The Kier molecular flexibility index (Phi) is 3.94. The van der Waals surface area contributed by atoms with Crippen LogP contribution in [0.4, 0.5) is 0 Å². The second-order valence-corrected chi connectivity index (χ2v) is 4.18. The van der Waals surface area contributed by atoms with Crippen LogP contribution < -0.4 is 0 Å². The van der Waals surface area contributed by atoms with Gasteiger partial charge in [0.1, 0.15) is 0 Å². The van der Waals surface area contributed by atoms with Gasteiger partial charge in [-0.05, 0) is 30.4 Å². The first kappa shape index (κ1) is 10.7. The minimum atomic E-state index is 0.252. The zero-order chi connectivity index (χ0) is 9.84. The SMILES string of the molecule is Cc1cccc(C(C)CCO)c1Br. The van der Waals surface area contributed by atoms with Crippen molar-refractivity contribution in [1.29, 1.82) is 0 Å². The van der Waals surface area contributed by atoms with Crippen LogP contribution in [0, 0.1) is 6.92 Å². The van der Waals surface area contributed by atoms with E-state index in [1.807, 2.05) is 0 Å². The van der Waals surface area contributed by atoms with E-state index in [-0.39, 0.29) is 6.61 Å². The second-order valence-electron chi connectivity index (χ2n) is 3.39. The molecule has 0 aliphatic carbocycles. The Bertz CT molecular complexity index is 283. The lowest BCUT2D eigenvalue weighted by Crippen LogP contribution is -1.98. The lowest BCUT2D eigenvalue weighted by Gasteiger charge is -2.13. The molecule has 1 aromatic carbocycles. The predicted octanol–water partition coefficient (Wildman–Crippen LogP) is 3.24. The van der Waals surface area contributed by atoms with Gasteiger partial charge in [-0.25, -0.2) is 0 Å². The Labute approximate surface area is 87.9 Å². The average Bonchev–Trinajstić information content (AvgIpc) is 2.10. The maximum absolute atomic E-state index is 8.84. The molecule has 1 atom stereocenters. The highest BCUT2D eigenvalue weighted by atomic mass is 79.9. The Morgan fingerprint density at radius 2 is 2.15 bits per heavy atom. The largest absolute Gasteiger partial charge is 0.396 e. The maximum atomic E-state index is 8.84. The molecule has 0 aromatic heterocycles. The Balaban J connectivity index is 2.93. The monoisotopic (exact) mass is 242 g/mol. The molecule has 2 heteroatoms. The van der Waals surface area contributed by atoms with E-state index >= 15 is 0 Å². The predicted molar refractivity (Wildman–Crippen MR) is 59.0 cm³/mol. The van der Waals surface area contributed by atoms with E-state index in [9.17, 15) is 0 Å². The number of hydrogen-bond acceptors (Lipinski definition) is 1. The molecule has 72 valence electrons. The minimum Gasteiger partial charge on any atom is -0.396 e. The quantitative estimate of drug-likeness (QED) is 0.863. The van der Waals surface area contributed by atoms with Crippen LogP contribution in [0.1, 0.15) is 30.4 Å². The number of hydrogen-bond donors (Lipinski definition) is 1. The molecule has 0 aliphatic heterocycles. The van der Waals surface area contributed by atoms with Crippen LogP contribution in [0.5, 0.6) is 0 Å². The molecule has 0 saturated heterocycles. The van der Waals surface area contributed by atoms with Gasteiger partial charge < -0.3 is 5.11 Å². The number of aryl methyl sites for hydroxylation is 1. The van der Waals surface area contributed by atoms with Crippen molar-refractivity contribution >= 4 is 15.9 Å². The first-order valence-electron chi connectivity index (χ1n) is 4.52. The molecule has 1 rings (SSSR count). The van der Waals surface area contributed by atoms with Gasteiger partial charge in [-0.2, -0.15) is 0 Å². The summed E-state index contributed by atoms with van der Waals surface area (Å²) >= 11 is 3.57. The maximum Gasteiger partial charge on any atom is 0.0436 e. The van der Waals surface area contributed by atoms with E-state index in [4.69, 9.17) is 5.11 Å².